The van der Waals surface area contributed by atoms with Gasteiger partial charge in [-0.1, -0.05) is 0 Å². The Hall–Kier alpha value is -1.33. The fourth-order valence-corrected chi connectivity index (χ4v) is 3.42. The van der Waals surface area contributed by atoms with Crippen LogP contribution in [0.1, 0.15) is 32.1 Å². The van der Waals surface area contributed by atoms with Crippen LogP contribution in [0.15, 0.2) is 18.5 Å². The first kappa shape index (κ1) is 15.6. The van der Waals surface area contributed by atoms with Gasteiger partial charge >= 0.3 is 0 Å². The second-order valence-corrected chi connectivity index (χ2v) is 6.43. The molecule has 1 aromatic rings. The topological polar surface area (TPSA) is 57.6 Å². The summed E-state index contributed by atoms with van der Waals surface area (Å²) in [5.41, 5.74) is 1.15. The third-order valence-corrected chi connectivity index (χ3v) is 4.83. The molecule has 2 fully saturated rings. The van der Waals surface area contributed by atoms with E-state index >= 15 is 0 Å². The molecule has 1 atom stereocenters. The van der Waals surface area contributed by atoms with Crippen LogP contribution in [-0.2, 0) is 0 Å². The lowest BCUT2D eigenvalue weighted by atomic mass is 9.94. The van der Waals surface area contributed by atoms with Gasteiger partial charge in [-0.3, -0.25) is 4.98 Å². The summed E-state index contributed by atoms with van der Waals surface area (Å²) >= 11 is 0. The Balaban J connectivity index is 1.52. The molecule has 2 N–H and O–H groups in total. The molecular weight excluding hydrogens is 278 g/mol. The van der Waals surface area contributed by atoms with E-state index in [-0.39, 0.29) is 0 Å². The minimum atomic E-state index is 0.310. The minimum Gasteiger partial charge on any atom is -0.490 e. The van der Waals surface area contributed by atoms with Crippen LogP contribution in [0.3, 0.4) is 0 Å². The van der Waals surface area contributed by atoms with Gasteiger partial charge in [-0.05, 0) is 44.6 Å². The Labute approximate surface area is 132 Å². The van der Waals surface area contributed by atoms with E-state index in [1.807, 2.05) is 6.20 Å². The number of hydrogen-bond donors (Lipinski definition) is 2. The Bertz CT molecular complexity index is 455. The van der Waals surface area contributed by atoms with Crippen LogP contribution in [0.4, 0.5) is 5.69 Å². The maximum Gasteiger partial charge on any atom is 0.139 e. The van der Waals surface area contributed by atoms with Gasteiger partial charge in [0.1, 0.15) is 12.4 Å². The van der Waals surface area contributed by atoms with Gasteiger partial charge in [0.25, 0.3) is 0 Å². The summed E-state index contributed by atoms with van der Waals surface area (Å²) in [6.45, 7) is 4.23. The van der Waals surface area contributed by atoms with Crippen molar-refractivity contribution in [2.45, 2.75) is 38.1 Å². The van der Waals surface area contributed by atoms with Gasteiger partial charge in [0.15, 0.2) is 0 Å². The third kappa shape index (κ3) is 4.11. The van der Waals surface area contributed by atoms with Crippen molar-refractivity contribution in [3.8, 4) is 5.75 Å². The van der Waals surface area contributed by atoms with Crippen LogP contribution >= 0.6 is 0 Å². The Morgan fingerprint density at radius 1 is 1.27 bits per heavy atom. The van der Waals surface area contributed by atoms with Gasteiger partial charge in [-0.2, -0.15) is 0 Å². The average molecular weight is 305 g/mol. The number of hydrogen-bond acceptors (Lipinski definition) is 5. The molecule has 5 heteroatoms. The first-order chi connectivity index (χ1) is 10.8. The smallest absolute Gasteiger partial charge is 0.139 e. The van der Waals surface area contributed by atoms with E-state index in [1.54, 1.807) is 6.20 Å². The fourth-order valence-electron chi connectivity index (χ4n) is 3.42. The van der Waals surface area contributed by atoms with Crippen molar-refractivity contribution >= 4 is 5.69 Å². The summed E-state index contributed by atoms with van der Waals surface area (Å²) in [6, 6.07) is 2.59. The Morgan fingerprint density at radius 3 is 2.86 bits per heavy atom. The highest BCUT2D eigenvalue weighted by atomic mass is 16.5. The Kier molecular flexibility index (Phi) is 5.51. The largest absolute Gasteiger partial charge is 0.490 e. The molecule has 0 aromatic carbocycles. The van der Waals surface area contributed by atoms with Gasteiger partial charge in [-0.25, -0.2) is 0 Å². The maximum absolute atomic E-state index is 9.04. The van der Waals surface area contributed by atoms with Gasteiger partial charge in [0.2, 0.25) is 0 Å². The molecule has 0 amide bonds. The normalized spacial score (nSPS) is 23.0. The SMILES string of the molecule is OCCC1CCN(c2cncc(OCC3CCCN3)c2)CC1. The number of nitrogens with zero attached hydrogens (tertiary/aromatic N) is 2. The molecule has 1 unspecified atom stereocenters. The monoisotopic (exact) mass is 305 g/mol. The molecule has 2 aliphatic heterocycles. The van der Waals surface area contributed by atoms with Crippen molar-refractivity contribution in [2.24, 2.45) is 5.92 Å². The molecule has 0 saturated carbocycles. The van der Waals surface area contributed by atoms with E-state index in [0.717, 1.165) is 56.9 Å². The lowest BCUT2D eigenvalue weighted by Crippen LogP contribution is -2.34. The zero-order valence-electron chi connectivity index (χ0n) is 13.2. The quantitative estimate of drug-likeness (QED) is 0.839. The van der Waals surface area contributed by atoms with Crippen molar-refractivity contribution in [3.63, 3.8) is 0 Å². The lowest BCUT2D eigenvalue weighted by Gasteiger charge is -2.33. The molecule has 2 saturated heterocycles. The molecular formula is C17H27N3O2. The molecule has 122 valence electrons. The first-order valence-electron chi connectivity index (χ1n) is 8.52. The summed E-state index contributed by atoms with van der Waals surface area (Å²) < 4.78 is 5.90. The van der Waals surface area contributed by atoms with E-state index in [4.69, 9.17) is 9.84 Å². The summed E-state index contributed by atoms with van der Waals surface area (Å²) in [5, 5.41) is 12.5. The molecule has 3 heterocycles. The van der Waals surface area contributed by atoms with Crippen LogP contribution in [0.25, 0.3) is 0 Å². The first-order valence-corrected chi connectivity index (χ1v) is 8.52. The zero-order valence-corrected chi connectivity index (χ0v) is 13.2. The van der Waals surface area contributed by atoms with Crippen LogP contribution in [0.5, 0.6) is 5.75 Å². The van der Waals surface area contributed by atoms with E-state index in [1.165, 1.54) is 12.8 Å². The number of anilines is 1. The van der Waals surface area contributed by atoms with Crippen LogP contribution in [-0.4, -0.2) is 49.0 Å². The van der Waals surface area contributed by atoms with Gasteiger partial charge < -0.3 is 20.1 Å². The number of piperidine rings is 1. The van der Waals surface area contributed by atoms with Crippen molar-refractivity contribution in [2.75, 3.05) is 37.7 Å². The highest BCUT2D eigenvalue weighted by Crippen LogP contribution is 2.26. The number of nitrogens with one attached hydrogen (secondary N) is 1. The van der Waals surface area contributed by atoms with Crippen LogP contribution < -0.4 is 15.0 Å². The number of aliphatic hydroxyl groups is 1. The van der Waals surface area contributed by atoms with Crippen molar-refractivity contribution in [1.82, 2.24) is 10.3 Å². The molecule has 5 nitrogen and oxygen atoms in total. The predicted octanol–water partition coefficient (Wildman–Crippen LogP) is 1.81. The van der Waals surface area contributed by atoms with Gasteiger partial charge in [0, 0.05) is 31.8 Å². The summed E-state index contributed by atoms with van der Waals surface area (Å²) in [4.78, 5) is 6.71. The minimum absolute atomic E-state index is 0.310. The highest BCUT2D eigenvalue weighted by molar-refractivity contribution is 5.48. The number of ether oxygens (including phenoxy) is 1. The van der Waals surface area contributed by atoms with E-state index in [2.05, 4.69) is 21.3 Å². The van der Waals surface area contributed by atoms with Gasteiger partial charge in [0.05, 0.1) is 18.1 Å². The Morgan fingerprint density at radius 2 is 2.14 bits per heavy atom. The second kappa shape index (κ2) is 7.79. The van der Waals surface area contributed by atoms with Crippen LogP contribution in [0, 0.1) is 5.92 Å². The molecule has 2 aliphatic rings. The van der Waals surface area contributed by atoms with Crippen molar-refractivity contribution in [3.05, 3.63) is 18.5 Å². The number of rotatable bonds is 6. The summed E-state index contributed by atoms with van der Waals surface area (Å²) in [6.07, 6.45) is 9.41. The molecule has 0 radical (unpaired) electrons. The number of aromatic nitrogens is 1. The average Bonchev–Trinajstić information content (AvgIpc) is 3.08. The van der Waals surface area contributed by atoms with Crippen molar-refractivity contribution < 1.29 is 9.84 Å². The fraction of sp³-hybridized carbons (Fsp3) is 0.706. The summed E-state index contributed by atoms with van der Waals surface area (Å²) in [5.74, 6) is 1.53. The predicted molar refractivity (Wildman–Crippen MR) is 87.4 cm³/mol. The lowest BCUT2D eigenvalue weighted by molar-refractivity contribution is 0.240. The molecule has 3 rings (SSSR count). The molecule has 0 spiro atoms. The van der Waals surface area contributed by atoms with E-state index < -0.39 is 0 Å². The standard InChI is InChI=1S/C17H27N3O2/c21-9-5-14-3-7-20(8-4-14)16-10-17(12-18-11-16)22-13-15-2-1-6-19-15/h10-12,14-15,19,21H,1-9,13H2. The molecule has 1 aromatic heterocycles. The molecule has 0 aliphatic carbocycles. The van der Waals surface area contributed by atoms with E-state index in [9.17, 15) is 0 Å². The maximum atomic E-state index is 9.04. The number of aliphatic hydroxyl groups excluding tert-OH is 1. The third-order valence-electron chi connectivity index (χ3n) is 4.83. The highest BCUT2D eigenvalue weighted by Gasteiger charge is 2.20. The van der Waals surface area contributed by atoms with E-state index in [0.29, 0.717) is 18.6 Å². The zero-order chi connectivity index (χ0) is 15.2. The van der Waals surface area contributed by atoms with Crippen LogP contribution in [0.2, 0.25) is 0 Å². The molecule has 0 bridgehead atoms. The second-order valence-electron chi connectivity index (χ2n) is 6.43. The van der Waals surface area contributed by atoms with Crippen molar-refractivity contribution in [1.29, 1.82) is 0 Å². The summed E-state index contributed by atoms with van der Waals surface area (Å²) in [7, 11) is 0. The molecule has 22 heavy (non-hydrogen) atoms. The van der Waals surface area contributed by atoms with Gasteiger partial charge in [-0.15, -0.1) is 0 Å². The number of pyridine rings is 1.